The second kappa shape index (κ2) is 4.39. The van der Waals surface area contributed by atoms with Crippen LogP contribution in [0.25, 0.3) is 0 Å². The third-order valence-electron chi connectivity index (χ3n) is 1.77. The van der Waals surface area contributed by atoms with Crippen LogP contribution in [0, 0.1) is 5.82 Å². The van der Waals surface area contributed by atoms with Gasteiger partial charge in [0, 0.05) is 6.04 Å². The number of carboxylic acid groups (broad SMARTS) is 1. The van der Waals surface area contributed by atoms with Gasteiger partial charge in [-0.15, -0.1) is 0 Å². The van der Waals surface area contributed by atoms with E-state index in [-0.39, 0.29) is 11.4 Å². The Balaban J connectivity index is 2.85. The summed E-state index contributed by atoms with van der Waals surface area (Å²) in [5, 5.41) is 8.47. The second-order valence-corrected chi connectivity index (χ2v) is 3.29. The average Bonchev–Trinajstić information content (AvgIpc) is 2.08. The van der Waals surface area contributed by atoms with Crippen LogP contribution >= 0.6 is 11.6 Å². The molecule has 1 aromatic carbocycles. The molecule has 0 heterocycles. The number of halogens is 2. The second-order valence-electron chi connectivity index (χ2n) is 2.88. The van der Waals surface area contributed by atoms with Crippen LogP contribution < -0.4 is 5.73 Å². The Morgan fingerprint density at radius 1 is 1.64 bits per heavy atom. The van der Waals surface area contributed by atoms with Crippen molar-refractivity contribution in [1.29, 1.82) is 0 Å². The van der Waals surface area contributed by atoms with Crippen molar-refractivity contribution in [2.45, 2.75) is 12.5 Å². The normalized spacial score (nSPS) is 12.5. The minimum Gasteiger partial charge on any atom is -0.481 e. The van der Waals surface area contributed by atoms with E-state index in [1.807, 2.05) is 0 Å². The Morgan fingerprint density at radius 3 is 2.79 bits per heavy atom. The maximum atomic E-state index is 12.9. The lowest BCUT2D eigenvalue weighted by molar-refractivity contribution is -0.137. The van der Waals surface area contributed by atoms with Crippen LogP contribution in [0.2, 0.25) is 5.02 Å². The minimum atomic E-state index is -1.02. The first-order valence-electron chi connectivity index (χ1n) is 3.93. The van der Waals surface area contributed by atoms with Gasteiger partial charge in [-0.2, -0.15) is 0 Å². The number of nitrogens with two attached hydrogens (primary N) is 1. The standard InChI is InChI=1S/C9H9ClFNO2/c10-6-2-1-5(3-7(6)11)8(12)4-9(13)14/h1-3,8H,4,12H2,(H,13,14). The maximum Gasteiger partial charge on any atom is 0.305 e. The van der Waals surface area contributed by atoms with Crippen molar-refractivity contribution in [2.24, 2.45) is 5.73 Å². The molecule has 1 aromatic rings. The number of hydrogen-bond donors (Lipinski definition) is 2. The zero-order chi connectivity index (χ0) is 10.7. The monoisotopic (exact) mass is 217 g/mol. The number of carbonyl (C=O) groups is 1. The third kappa shape index (κ3) is 2.68. The molecular weight excluding hydrogens is 209 g/mol. The van der Waals surface area contributed by atoms with Crippen LogP contribution in [0.4, 0.5) is 4.39 Å². The Labute approximate surface area is 85.3 Å². The van der Waals surface area contributed by atoms with Gasteiger partial charge in [-0.3, -0.25) is 4.79 Å². The van der Waals surface area contributed by atoms with Crippen molar-refractivity contribution in [1.82, 2.24) is 0 Å². The van der Waals surface area contributed by atoms with Crippen molar-refractivity contribution < 1.29 is 14.3 Å². The quantitative estimate of drug-likeness (QED) is 0.814. The molecule has 5 heteroatoms. The SMILES string of the molecule is NC(CC(=O)O)c1ccc(Cl)c(F)c1. The molecule has 0 saturated carbocycles. The van der Waals surface area contributed by atoms with Crippen LogP contribution in [0.1, 0.15) is 18.0 Å². The van der Waals surface area contributed by atoms with Gasteiger partial charge in [0.2, 0.25) is 0 Å². The molecule has 0 radical (unpaired) electrons. The summed E-state index contributed by atoms with van der Waals surface area (Å²) in [4.78, 5) is 10.3. The topological polar surface area (TPSA) is 63.3 Å². The van der Waals surface area contributed by atoms with E-state index in [0.717, 1.165) is 6.07 Å². The smallest absolute Gasteiger partial charge is 0.305 e. The van der Waals surface area contributed by atoms with Gasteiger partial charge in [0.1, 0.15) is 5.82 Å². The van der Waals surface area contributed by atoms with Gasteiger partial charge in [0.05, 0.1) is 11.4 Å². The molecule has 14 heavy (non-hydrogen) atoms. The first-order valence-corrected chi connectivity index (χ1v) is 4.31. The molecule has 0 amide bonds. The lowest BCUT2D eigenvalue weighted by atomic mass is 10.1. The lowest BCUT2D eigenvalue weighted by Crippen LogP contribution is -2.15. The van der Waals surface area contributed by atoms with Gasteiger partial charge >= 0.3 is 5.97 Å². The van der Waals surface area contributed by atoms with E-state index in [2.05, 4.69) is 0 Å². The summed E-state index contributed by atoms with van der Waals surface area (Å²) in [6, 6.07) is 3.31. The van der Waals surface area contributed by atoms with Crippen molar-refractivity contribution >= 4 is 17.6 Å². The zero-order valence-electron chi connectivity index (χ0n) is 7.21. The fraction of sp³-hybridized carbons (Fsp3) is 0.222. The summed E-state index contributed by atoms with van der Waals surface area (Å²) in [6.45, 7) is 0. The third-order valence-corrected chi connectivity index (χ3v) is 2.07. The molecule has 3 nitrogen and oxygen atoms in total. The predicted octanol–water partition coefficient (Wildman–Crippen LogP) is 1.95. The van der Waals surface area contributed by atoms with E-state index < -0.39 is 17.8 Å². The minimum absolute atomic E-state index is 0.00345. The van der Waals surface area contributed by atoms with Crippen LogP contribution in [0.15, 0.2) is 18.2 Å². The highest BCUT2D eigenvalue weighted by Crippen LogP contribution is 2.20. The number of hydrogen-bond acceptors (Lipinski definition) is 2. The van der Waals surface area contributed by atoms with Gasteiger partial charge in [-0.25, -0.2) is 4.39 Å². The van der Waals surface area contributed by atoms with Crippen molar-refractivity contribution in [2.75, 3.05) is 0 Å². The van der Waals surface area contributed by atoms with E-state index >= 15 is 0 Å². The van der Waals surface area contributed by atoms with Gasteiger partial charge < -0.3 is 10.8 Å². The molecule has 1 rings (SSSR count). The molecule has 0 spiro atoms. The highest BCUT2D eigenvalue weighted by Gasteiger charge is 2.12. The Bertz CT molecular complexity index is 357. The lowest BCUT2D eigenvalue weighted by Gasteiger charge is -2.09. The number of rotatable bonds is 3. The van der Waals surface area contributed by atoms with E-state index in [9.17, 15) is 9.18 Å². The molecule has 0 fully saturated rings. The van der Waals surface area contributed by atoms with Crippen molar-refractivity contribution in [3.8, 4) is 0 Å². The first-order chi connectivity index (χ1) is 6.50. The Morgan fingerprint density at radius 2 is 2.29 bits per heavy atom. The van der Waals surface area contributed by atoms with E-state index in [1.165, 1.54) is 12.1 Å². The van der Waals surface area contributed by atoms with Crippen LogP contribution in [-0.2, 0) is 4.79 Å². The molecule has 0 aliphatic heterocycles. The van der Waals surface area contributed by atoms with E-state index in [4.69, 9.17) is 22.4 Å². The van der Waals surface area contributed by atoms with Crippen LogP contribution in [0.3, 0.4) is 0 Å². The van der Waals surface area contributed by atoms with Gasteiger partial charge in [0.15, 0.2) is 0 Å². The first kappa shape index (κ1) is 10.9. The van der Waals surface area contributed by atoms with Gasteiger partial charge in [0.25, 0.3) is 0 Å². The molecule has 0 aliphatic rings. The fourth-order valence-electron chi connectivity index (χ4n) is 1.05. The molecule has 76 valence electrons. The molecule has 0 aliphatic carbocycles. The van der Waals surface area contributed by atoms with E-state index in [0.29, 0.717) is 5.56 Å². The van der Waals surface area contributed by atoms with Gasteiger partial charge in [-0.05, 0) is 17.7 Å². The molecule has 0 saturated heterocycles. The highest BCUT2D eigenvalue weighted by atomic mass is 35.5. The summed E-state index contributed by atoms with van der Waals surface area (Å²) in [6.07, 6.45) is -0.235. The van der Waals surface area contributed by atoms with E-state index in [1.54, 1.807) is 0 Å². The van der Waals surface area contributed by atoms with Gasteiger partial charge in [-0.1, -0.05) is 17.7 Å². The maximum absolute atomic E-state index is 12.9. The largest absolute Gasteiger partial charge is 0.481 e. The van der Waals surface area contributed by atoms with Crippen LogP contribution in [0.5, 0.6) is 0 Å². The number of aliphatic carboxylic acids is 1. The Kier molecular flexibility index (Phi) is 3.43. The molecule has 1 unspecified atom stereocenters. The summed E-state index contributed by atoms with van der Waals surface area (Å²) in [7, 11) is 0. The Hall–Kier alpha value is -1.13. The number of benzene rings is 1. The van der Waals surface area contributed by atoms with Crippen LogP contribution in [-0.4, -0.2) is 11.1 Å². The summed E-state index contributed by atoms with van der Waals surface area (Å²) in [5.41, 5.74) is 5.95. The summed E-state index contributed by atoms with van der Waals surface area (Å²) < 4.78 is 12.9. The highest BCUT2D eigenvalue weighted by molar-refractivity contribution is 6.30. The molecule has 3 N–H and O–H groups in total. The fourth-order valence-corrected chi connectivity index (χ4v) is 1.17. The van der Waals surface area contributed by atoms with Crippen molar-refractivity contribution in [3.05, 3.63) is 34.6 Å². The van der Waals surface area contributed by atoms with Crippen molar-refractivity contribution in [3.63, 3.8) is 0 Å². The molecule has 0 aromatic heterocycles. The molecule has 0 bridgehead atoms. The zero-order valence-corrected chi connectivity index (χ0v) is 7.96. The number of carboxylic acids is 1. The summed E-state index contributed by atoms with van der Waals surface area (Å²) in [5.74, 6) is -1.61. The molecular formula is C9H9ClFNO2. The average molecular weight is 218 g/mol. The molecule has 1 atom stereocenters. The summed E-state index contributed by atoms with van der Waals surface area (Å²) >= 11 is 5.46. The predicted molar refractivity (Wildman–Crippen MR) is 50.6 cm³/mol.